The minimum Gasteiger partial charge on any atom is -0.384 e. The number of hydrogen-bond donors (Lipinski definition) is 2. The summed E-state index contributed by atoms with van der Waals surface area (Å²) < 4.78 is 0. The Hall–Kier alpha value is -1.62. The second kappa shape index (κ2) is 6.35. The monoisotopic (exact) mass is 262 g/mol. The first-order chi connectivity index (χ1) is 8.79. The number of aromatic nitrogens is 2. The Balaban J connectivity index is 1.91. The molecular weight excluding hydrogens is 244 g/mol. The van der Waals surface area contributed by atoms with E-state index in [0.717, 1.165) is 24.6 Å². The summed E-state index contributed by atoms with van der Waals surface area (Å²) >= 11 is 1.70. The molecule has 0 saturated carbocycles. The lowest BCUT2D eigenvalue weighted by Crippen LogP contribution is -2.10. The predicted molar refractivity (Wildman–Crippen MR) is 77.4 cm³/mol. The number of thiazole rings is 1. The summed E-state index contributed by atoms with van der Waals surface area (Å²) in [5.41, 5.74) is 1.09. The highest BCUT2D eigenvalue weighted by Gasteiger charge is 2.07. The van der Waals surface area contributed by atoms with Crippen LogP contribution >= 0.6 is 11.3 Å². The van der Waals surface area contributed by atoms with Crippen LogP contribution in [0.1, 0.15) is 24.8 Å². The SMILES string of the molecule is CCNc1cc(NCC(C)c2nccs2)ccn1. The standard InChI is InChI=1S/C13H18N4S/c1-3-14-12-8-11(4-5-15-12)17-9-10(2)13-16-6-7-18-13/h4-8,10H,3,9H2,1-2H3,(H2,14,15,17). The molecule has 0 spiro atoms. The smallest absolute Gasteiger partial charge is 0.127 e. The van der Waals surface area contributed by atoms with Crippen LogP contribution in [0.3, 0.4) is 0 Å². The quantitative estimate of drug-likeness (QED) is 0.839. The maximum Gasteiger partial charge on any atom is 0.127 e. The highest BCUT2D eigenvalue weighted by molar-refractivity contribution is 7.09. The Bertz CT molecular complexity index is 470. The van der Waals surface area contributed by atoms with Gasteiger partial charge in [0.1, 0.15) is 5.82 Å². The minimum absolute atomic E-state index is 0.417. The van der Waals surface area contributed by atoms with Crippen molar-refractivity contribution in [3.05, 3.63) is 34.9 Å². The fourth-order valence-corrected chi connectivity index (χ4v) is 2.35. The second-order valence-electron chi connectivity index (χ2n) is 4.11. The van der Waals surface area contributed by atoms with Crippen molar-refractivity contribution >= 4 is 22.8 Å². The summed E-state index contributed by atoms with van der Waals surface area (Å²) in [5.74, 6) is 1.32. The highest BCUT2D eigenvalue weighted by atomic mass is 32.1. The molecule has 0 aromatic carbocycles. The fourth-order valence-electron chi connectivity index (χ4n) is 1.65. The first-order valence-corrected chi connectivity index (χ1v) is 7.00. The third-order valence-corrected chi connectivity index (χ3v) is 3.61. The number of anilines is 2. The third kappa shape index (κ3) is 3.43. The normalized spacial score (nSPS) is 12.1. The Labute approximate surface area is 111 Å². The molecule has 0 amide bonds. The van der Waals surface area contributed by atoms with E-state index in [1.807, 2.05) is 29.9 Å². The zero-order valence-corrected chi connectivity index (χ0v) is 11.5. The van der Waals surface area contributed by atoms with Crippen molar-refractivity contribution in [3.8, 4) is 0 Å². The average Bonchev–Trinajstić information content (AvgIpc) is 2.91. The van der Waals surface area contributed by atoms with E-state index in [1.165, 1.54) is 5.01 Å². The summed E-state index contributed by atoms with van der Waals surface area (Å²) in [5, 5.41) is 9.81. The van der Waals surface area contributed by atoms with Crippen molar-refractivity contribution in [2.45, 2.75) is 19.8 Å². The number of rotatable bonds is 6. The summed E-state index contributed by atoms with van der Waals surface area (Å²) in [6, 6.07) is 4.01. The Morgan fingerprint density at radius 1 is 1.28 bits per heavy atom. The maximum atomic E-state index is 4.33. The molecule has 0 fully saturated rings. The first kappa shape index (κ1) is 12.8. The third-order valence-electron chi connectivity index (χ3n) is 2.60. The van der Waals surface area contributed by atoms with Gasteiger partial charge in [0.25, 0.3) is 0 Å². The molecule has 0 saturated heterocycles. The molecule has 1 atom stereocenters. The highest BCUT2D eigenvalue weighted by Crippen LogP contribution is 2.19. The van der Waals surface area contributed by atoms with Gasteiger partial charge in [0.05, 0.1) is 5.01 Å². The van der Waals surface area contributed by atoms with Crippen molar-refractivity contribution in [1.82, 2.24) is 9.97 Å². The lowest BCUT2D eigenvalue weighted by molar-refractivity contribution is 0.795. The molecular formula is C13H18N4S. The average molecular weight is 262 g/mol. The number of nitrogens with one attached hydrogen (secondary N) is 2. The van der Waals surface area contributed by atoms with Gasteiger partial charge >= 0.3 is 0 Å². The predicted octanol–water partition coefficient (Wildman–Crippen LogP) is 3.19. The van der Waals surface area contributed by atoms with E-state index in [2.05, 4.69) is 34.4 Å². The Morgan fingerprint density at radius 2 is 2.17 bits per heavy atom. The second-order valence-corrected chi connectivity index (χ2v) is 5.04. The lowest BCUT2D eigenvalue weighted by Gasteiger charge is -2.12. The molecule has 0 radical (unpaired) electrons. The van der Waals surface area contributed by atoms with Crippen LogP contribution in [0.4, 0.5) is 11.5 Å². The van der Waals surface area contributed by atoms with Crippen LogP contribution in [0, 0.1) is 0 Å². The van der Waals surface area contributed by atoms with Crippen molar-refractivity contribution in [2.75, 3.05) is 23.7 Å². The molecule has 0 aliphatic carbocycles. The van der Waals surface area contributed by atoms with Crippen molar-refractivity contribution in [2.24, 2.45) is 0 Å². The van der Waals surface area contributed by atoms with E-state index in [9.17, 15) is 0 Å². The number of hydrogen-bond acceptors (Lipinski definition) is 5. The minimum atomic E-state index is 0.417. The van der Waals surface area contributed by atoms with E-state index in [-0.39, 0.29) is 0 Å². The van der Waals surface area contributed by atoms with Crippen LogP contribution in [-0.4, -0.2) is 23.1 Å². The molecule has 0 bridgehead atoms. The summed E-state index contributed by atoms with van der Waals surface area (Å²) in [6.07, 6.45) is 3.67. The van der Waals surface area contributed by atoms with Crippen molar-refractivity contribution in [3.63, 3.8) is 0 Å². The van der Waals surface area contributed by atoms with Crippen LogP contribution in [0.5, 0.6) is 0 Å². The zero-order chi connectivity index (χ0) is 12.8. The molecule has 2 heterocycles. The van der Waals surface area contributed by atoms with Crippen LogP contribution in [0.2, 0.25) is 0 Å². The maximum absolute atomic E-state index is 4.33. The molecule has 5 heteroatoms. The van der Waals surface area contributed by atoms with E-state index in [0.29, 0.717) is 5.92 Å². The van der Waals surface area contributed by atoms with Gasteiger partial charge in [-0.3, -0.25) is 0 Å². The van der Waals surface area contributed by atoms with Gasteiger partial charge in [0.2, 0.25) is 0 Å². The molecule has 2 aromatic heterocycles. The van der Waals surface area contributed by atoms with Gasteiger partial charge in [-0.1, -0.05) is 6.92 Å². The lowest BCUT2D eigenvalue weighted by atomic mass is 10.2. The molecule has 2 rings (SSSR count). The van der Waals surface area contributed by atoms with Gasteiger partial charge in [0.15, 0.2) is 0 Å². The summed E-state index contributed by atoms with van der Waals surface area (Å²) in [7, 11) is 0. The van der Waals surface area contributed by atoms with E-state index in [4.69, 9.17) is 0 Å². The Kier molecular flexibility index (Phi) is 4.52. The van der Waals surface area contributed by atoms with Crippen LogP contribution in [-0.2, 0) is 0 Å². The number of nitrogens with zero attached hydrogens (tertiary/aromatic N) is 2. The molecule has 4 nitrogen and oxygen atoms in total. The van der Waals surface area contributed by atoms with E-state index >= 15 is 0 Å². The summed E-state index contributed by atoms with van der Waals surface area (Å²) in [6.45, 7) is 6.00. The van der Waals surface area contributed by atoms with Crippen molar-refractivity contribution < 1.29 is 0 Å². The van der Waals surface area contributed by atoms with Gasteiger partial charge in [-0.15, -0.1) is 11.3 Å². The summed E-state index contributed by atoms with van der Waals surface area (Å²) in [4.78, 5) is 8.57. The largest absolute Gasteiger partial charge is 0.384 e. The van der Waals surface area contributed by atoms with Crippen molar-refractivity contribution in [1.29, 1.82) is 0 Å². The number of pyridine rings is 1. The fraction of sp³-hybridized carbons (Fsp3) is 0.385. The van der Waals surface area contributed by atoms with E-state index in [1.54, 1.807) is 11.3 Å². The molecule has 2 N–H and O–H groups in total. The van der Waals surface area contributed by atoms with Gasteiger partial charge in [-0.2, -0.15) is 0 Å². The van der Waals surface area contributed by atoms with Gasteiger partial charge in [-0.05, 0) is 13.0 Å². The molecule has 18 heavy (non-hydrogen) atoms. The Morgan fingerprint density at radius 3 is 2.89 bits per heavy atom. The van der Waals surface area contributed by atoms with Crippen LogP contribution in [0.15, 0.2) is 29.9 Å². The molecule has 1 unspecified atom stereocenters. The van der Waals surface area contributed by atoms with Gasteiger partial charge in [-0.25, -0.2) is 9.97 Å². The first-order valence-electron chi connectivity index (χ1n) is 6.12. The molecule has 2 aromatic rings. The van der Waals surface area contributed by atoms with Crippen LogP contribution < -0.4 is 10.6 Å². The van der Waals surface area contributed by atoms with Gasteiger partial charge in [0, 0.05) is 48.5 Å². The topological polar surface area (TPSA) is 49.8 Å². The van der Waals surface area contributed by atoms with E-state index < -0.39 is 0 Å². The molecule has 96 valence electrons. The molecule has 0 aliphatic rings. The van der Waals surface area contributed by atoms with Gasteiger partial charge < -0.3 is 10.6 Å². The zero-order valence-electron chi connectivity index (χ0n) is 10.7. The van der Waals surface area contributed by atoms with Crippen LogP contribution in [0.25, 0.3) is 0 Å². The molecule has 0 aliphatic heterocycles.